The van der Waals surface area contributed by atoms with Gasteiger partial charge in [0.05, 0.1) is 11.8 Å². The smallest absolute Gasteiger partial charge is 0.255 e. The zero-order valence-corrected chi connectivity index (χ0v) is 9.11. The minimum absolute atomic E-state index is 0.129. The maximum atomic E-state index is 12.9. The minimum Gasteiger partial charge on any atom is -0.333 e. The molecule has 1 aromatic heterocycles. The van der Waals surface area contributed by atoms with Crippen LogP contribution in [-0.2, 0) is 0 Å². The standard InChI is InChI=1S/C11H14FN3O/c1-8-5-13-2-3-15(8)11(16)9-4-10(12)7-14-6-9/h4,6-8,13H,2-3,5H2,1H3. The molecule has 1 fully saturated rings. The van der Waals surface area contributed by atoms with Crippen molar-refractivity contribution in [3.63, 3.8) is 0 Å². The van der Waals surface area contributed by atoms with Gasteiger partial charge in [0.2, 0.25) is 0 Å². The Bertz CT molecular complexity index is 397. The fraction of sp³-hybridized carbons (Fsp3) is 0.455. The van der Waals surface area contributed by atoms with E-state index in [4.69, 9.17) is 0 Å². The van der Waals surface area contributed by atoms with Crippen LogP contribution in [0.1, 0.15) is 17.3 Å². The summed E-state index contributed by atoms with van der Waals surface area (Å²) >= 11 is 0. The molecular weight excluding hydrogens is 209 g/mol. The lowest BCUT2D eigenvalue weighted by Crippen LogP contribution is -2.52. The molecule has 1 unspecified atom stereocenters. The third-order valence-corrected chi connectivity index (χ3v) is 2.71. The third-order valence-electron chi connectivity index (χ3n) is 2.71. The number of pyridine rings is 1. The quantitative estimate of drug-likeness (QED) is 0.760. The first-order valence-corrected chi connectivity index (χ1v) is 5.30. The van der Waals surface area contributed by atoms with Crippen LogP contribution < -0.4 is 5.32 Å². The van der Waals surface area contributed by atoms with Gasteiger partial charge in [-0.3, -0.25) is 9.78 Å². The molecule has 2 rings (SSSR count). The van der Waals surface area contributed by atoms with E-state index in [1.165, 1.54) is 12.3 Å². The molecule has 1 N–H and O–H groups in total. The predicted octanol–water partition coefficient (Wildman–Crippen LogP) is 0.655. The number of hydrogen-bond donors (Lipinski definition) is 1. The summed E-state index contributed by atoms with van der Waals surface area (Å²) in [5.74, 6) is -0.630. The van der Waals surface area contributed by atoms with Gasteiger partial charge in [0.1, 0.15) is 5.82 Å². The molecule has 0 spiro atoms. The molecule has 1 aliphatic heterocycles. The van der Waals surface area contributed by atoms with Crippen molar-refractivity contribution in [3.8, 4) is 0 Å². The van der Waals surface area contributed by atoms with Crippen molar-refractivity contribution in [1.29, 1.82) is 0 Å². The maximum absolute atomic E-state index is 12.9. The monoisotopic (exact) mass is 223 g/mol. The van der Waals surface area contributed by atoms with Crippen LogP contribution in [0.3, 0.4) is 0 Å². The van der Waals surface area contributed by atoms with Crippen molar-refractivity contribution in [2.45, 2.75) is 13.0 Å². The van der Waals surface area contributed by atoms with Gasteiger partial charge in [0.15, 0.2) is 0 Å². The van der Waals surface area contributed by atoms with Crippen LogP contribution in [0.5, 0.6) is 0 Å². The molecule has 5 heteroatoms. The minimum atomic E-state index is -0.478. The zero-order valence-electron chi connectivity index (χ0n) is 9.11. The highest BCUT2D eigenvalue weighted by atomic mass is 19.1. The second kappa shape index (κ2) is 4.57. The van der Waals surface area contributed by atoms with Gasteiger partial charge in [0, 0.05) is 31.9 Å². The third kappa shape index (κ3) is 2.19. The highest BCUT2D eigenvalue weighted by Gasteiger charge is 2.24. The highest BCUT2D eigenvalue weighted by molar-refractivity contribution is 5.94. The van der Waals surface area contributed by atoms with E-state index in [2.05, 4.69) is 10.3 Å². The Morgan fingerprint density at radius 2 is 2.44 bits per heavy atom. The van der Waals surface area contributed by atoms with E-state index in [-0.39, 0.29) is 11.9 Å². The fourth-order valence-corrected chi connectivity index (χ4v) is 1.84. The van der Waals surface area contributed by atoms with Crippen LogP contribution in [0, 0.1) is 5.82 Å². The Morgan fingerprint density at radius 3 is 3.12 bits per heavy atom. The van der Waals surface area contributed by atoms with Crippen molar-refractivity contribution < 1.29 is 9.18 Å². The first kappa shape index (κ1) is 11.0. The van der Waals surface area contributed by atoms with Crippen LogP contribution in [0.25, 0.3) is 0 Å². The Hall–Kier alpha value is -1.49. The van der Waals surface area contributed by atoms with E-state index < -0.39 is 5.82 Å². The molecule has 0 radical (unpaired) electrons. The molecule has 4 nitrogen and oxygen atoms in total. The van der Waals surface area contributed by atoms with Crippen LogP contribution in [0.2, 0.25) is 0 Å². The summed E-state index contributed by atoms with van der Waals surface area (Å²) < 4.78 is 12.9. The van der Waals surface area contributed by atoms with E-state index in [1.807, 2.05) is 6.92 Å². The van der Waals surface area contributed by atoms with Crippen LogP contribution in [0.15, 0.2) is 18.5 Å². The van der Waals surface area contributed by atoms with Gasteiger partial charge >= 0.3 is 0 Å². The van der Waals surface area contributed by atoms with Crippen LogP contribution in [-0.4, -0.2) is 41.5 Å². The van der Waals surface area contributed by atoms with Crippen molar-refractivity contribution in [2.24, 2.45) is 0 Å². The Labute approximate surface area is 93.5 Å². The lowest BCUT2D eigenvalue weighted by molar-refractivity contribution is 0.0655. The van der Waals surface area contributed by atoms with Crippen molar-refractivity contribution in [2.75, 3.05) is 19.6 Å². The summed E-state index contributed by atoms with van der Waals surface area (Å²) in [7, 11) is 0. The summed E-state index contributed by atoms with van der Waals surface area (Å²) in [5, 5.41) is 3.20. The SMILES string of the molecule is CC1CNCCN1C(=O)c1cncc(F)c1. The topological polar surface area (TPSA) is 45.2 Å². The Balaban J connectivity index is 2.17. The number of rotatable bonds is 1. The van der Waals surface area contributed by atoms with Gasteiger partial charge in [-0.15, -0.1) is 0 Å². The number of halogens is 1. The molecule has 16 heavy (non-hydrogen) atoms. The van der Waals surface area contributed by atoms with Gasteiger partial charge in [0.25, 0.3) is 5.91 Å². The molecule has 86 valence electrons. The largest absolute Gasteiger partial charge is 0.333 e. The number of amides is 1. The summed E-state index contributed by atoms with van der Waals surface area (Å²) in [6.07, 6.45) is 2.50. The number of nitrogens with one attached hydrogen (secondary N) is 1. The molecule has 2 heterocycles. The average molecular weight is 223 g/mol. The lowest BCUT2D eigenvalue weighted by Gasteiger charge is -2.33. The molecule has 0 saturated carbocycles. The zero-order chi connectivity index (χ0) is 11.5. The fourth-order valence-electron chi connectivity index (χ4n) is 1.84. The normalized spacial score (nSPS) is 20.9. The number of carbonyl (C=O) groups excluding carboxylic acids is 1. The van der Waals surface area contributed by atoms with E-state index >= 15 is 0 Å². The van der Waals surface area contributed by atoms with E-state index in [0.717, 1.165) is 19.3 Å². The molecule has 1 amide bonds. The second-order valence-corrected chi connectivity index (χ2v) is 3.94. The van der Waals surface area contributed by atoms with Crippen LogP contribution in [0.4, 0.5) is 4.39 Å². The van der Waals surface area contributed by atoms with Gasteiger partial charge in [-0.2, -0.15) is 0 Å². The van der Waals surface area contributed by atoms with Crippen molar-refractivity contribution in [1.82, 2.24) is 15.2 Å². The summed E-state index contributed by atoms with van der Waals surface area (Å²) in [6.45, 7) is 4.17. The average Bonchev–Trinajstić information content (AvgIpc) is 2.29. The number of nitrogens with zero attached hydrogens (tertiary/aromatic N) is 2. The summed E-state index contributed by atoms with van der Waals surface area (Å²) in [6, 6.07) is 1.36. The Morgan fingerprint density at radius 1 is 1.62 bits per heavy atom. The van der Waals surface area contributed by atoms with Crippen molar-refractivity contribution >= 4 is 5.91 Å². The molecule has 1 atom stereocenters. The van der Waals surface area contributed by atoms with Gasteiger partial charge < -0.3 is 10.2 Å². The van der Waals surface area contributed by atoms with E-state index in [0.29, 0.717) is 12.1 Å². The first-order valence-electron chi connectivity index (χ1n) is 5.30. The van der Waals surface area contributed by atoms with Crippen molar-refractivity contribution in [3.05, 3.63) is 29.8 Å². The second-order valence-electron chi connectivity index (χ2n) is 3.94. The summed E-state index contributed by atoms with van der Waals surface area (Å²) in [4.78, 5) is 17.5. The number of aromatic nitrogens is 1. The van der Waals surface area contributed by atoms with Gasteiger partial charge in [-0.1, -0.05) is 0 Å². The molecule has 1 aliphatic rings. The van der Waals surface area contributed by atoms with E-state index in [1.54, 1.807) is 4.90 Å². The predicted molar refractivity (Wildman–Crippen MR) is 57.6 cm³/mol. The number of hydrogen-bond acceptors (Lipinski definition) is 3. The number of piperazine rings is 1. The van der Waals surface area contributed by atoms with Gasteiger partial charge in [-0.25, -0.2) is 4.39 Å². The molecule has 0 aliphatic carbocycles. The molecular formula is C11H14FN3O. The highest BCUT2D eigenvalue weighted by Crippen LogP contribution is 2.10. The van der Waals surface area contributed by atoms with Crippen LogP contribution >= 0.6 is 0 Å². The Kier molecular flexibility index (Phi) is 3.14. The van der Waals surface area contributed by atoms with E-state index in [9.17, 15) is 9.18 Å². The first-order chi connectivity index (χ1) is 7.68. The van der Waals surface area contributed by atoms with Gasteiger partial charge in [-0.05, 0) is 13.0 Å². The maximum Gasteiger partial charge on any atom is 0.255 e. The molecule has 1 saturated heterocycles. The number of carbonyl (C=O) groups is 1. The molecule has 1 aromatic rings. The molecule has 0 bridgehead atoms. The molecule has 0 aromatic carbocycles. The lowest BCUT2D eigenvalue weighted by atomic mass is 10.1. The summed E-state index contributed by atoms with van der Waals surface area (Å²) in [5.41, 5.74) is 0.314.